The molecule has 31 heavy (non-hydrogen) atoms. The number of hydrogen-bond donors (Lipinski definition) is 1. The van der Waals surface area contributed by atoms with Crippen LogP contribution in [0.5, 0.6) is 0 Å². The van der Waals surface area contributed by atoms with Crippen LogP contribution < -0.4 is 0 Å². The first-order valence-corrected chi connectivity index (χ1v) is 12.1. The molecule has 4 aromatic rings. The molecule has 0 aliphatic rings. The SMILES string of the molecule is CSc1cccc(-c2cc(C)c(-c3cc(C(C)(C)O)nn3-c3cccc(F)c3C)s2)c1. The molecule has 0 fully saturated rings. The Kier molecular flexibility index (Phi) is 5.81. The Labute approximate surface area is 190 Å². The number of aromatic nitrogens is 2. The molecule has 0 atom stereocenters. The van der Waals surface area contributed by atoms with E-state index in [1.54, 1.807) is 54.6 Å². The summed E-state index contributed by atoms with van der Waals surface area (Å²) >= 11 is 3.40. The smallest absolute Gasteiger partial charge is 0.128 e. The van der Waals surface area contributed by atoms with Crippen molar-refractivity contribution in [2.24, 2.45) is 0 Å². The molecule has 0 spiro atoms. The Bertz CT molecular complexity index is 1250. The van der Waals surface area contributed by atoms with Crippen molar-refractivity contribution >= 4 is 23.1 Å². The van der Waals surface area contributed by atoms with E-state index in [2.05, 4.69) is 48.6 Å². The van der Waals surface area contributed by atoms with Crippen LogP contribution in [-0.4, -0.2) is 21.1 Å². The quantitative estimate of drug-likeness (QED) is 0.332. The summed E-state index contributed by atoms with van der Waals surface area (Å²) in [6.45, 7) is 7.25. The van der Waals surface area contributed by atoms with Gasteiger partial charge in [0.15, 0.2) is 0 Å². The highest BCUT2D eigenvalue weighted by Gasteiger charge is 2.25. The zero-order valence-electron chi connectivity index (χ0n) is 18.2. The van der Waals surface area contributed by atoms with Crippen molar-refractivity contribution in [2.45, 2.75) is 38.2 Å². The van der Waals surface area contributed by atoms with Gasteiger partial charge in [0, 0.05) is 15.3 Å². The largest absolute Gasteiger partial charge is 0.384 e. The maximum atomic E-state index is 14.3. The van der Waals surface area contributed by atoms with Gasteiger partial charge >= 0.3 is 0 Å². The van der Waals surface area contributed by atoms with Crippen molar-refractivity contribution in [3.8, 4) is 26.7 Å². The second-order valence-electron chi connectivity index (χ2n) is 8.12. The second-order valence-corrected chi connectivity index (χ2v) is 10.1. The van der Waals surface area contributed by atoms with Gasteiger partial charge in [-0.05, 0) is 81.5 Å². The monoisotopic (exact) mass is 452 g/mol. The van der Waals surface area contributed by atoms with Crippen molar-refractivity contribution < 1.29 is 9.50 Å². The average molecular weight is 453 g/mol. The van der Waals surface area contributed by atoms with Gasteiger partial charge in [0.05, 0.1) is 22.0 Å². The second kappa shape index (κ2) is 8.26. The summed E-state index contributed by atoms with van der Waals surface area (Å²) in [6.07, 6.45) is 2.07. The first kappa shape index (κ1) is 21.8. The number of aryl methyl sites for hydroxylation is 1. The van der Waals surface area contributed by atoms with Crippen molar-refractivity contribution in [3.05, 3.63) is 77.2 Å². The van der Waals surface area contributed by atoms with Gasteiger partial charge in [-0.2, -0.15) is 5.10 Å². The molecule has 0 aliphatic heterocycles. The van der Waals surface area contributed by atoms with Crippen LogP contribution in [0.2, 0.25) is 0 Å². The van der Waals surface area contributed by atoms with E-state index in [1.807, 2.05) is 12.1 Å². The average Bonchev–Trinajstić information content (AvgIpc) is 3.34. The highest BCUT2D eigenvalue weighted by molar-refractivity contribution is 7.98. The first-order chi connectivity index (χ1) is 14.7. The number of aliphatic hydroxyl groups is 1. The maximum absolute atomic E-state index is 14.3. The van der Waals surface area contributed by atoms with Crippen LogP contribution in [0, 0.1) is 19.7 Å². The molecule has 3 nitrogen and oxygen atoms in total. The fourth-order valence-corrected chi connectivity index (χ4v) is 5.14. The van der Waals surface area contributed by atoms with E-state index >= 15 is 0 Å². The summed E-state index contributed by atoms with van der Waals surface area (Å²) in [6, 6.07) is 17.6. The Hall–Kier alpha value is -2.41. The Morgan fingerprint density at radius 1 is 1.06 bits per heavy atom. The Morgan fingerprint density at radius 2 is 1.81 bits per heavy atom. The van der Waals surface area contributed by atoms with Gasteiger partial charge in [0.2, 0.25) is 0 Å². The molecule has 2 heterocycles. The van der Waals surface area contributed by atoms with Crippen LogP contribution in [0.25, 0.3) is 26.7 Å². The summed E-state index contributed by atoms with van der Waals surface area (Å²) in [5, 5.41) is 15.3. The minimum Gasteiger partial charge on any atom is -0.384 e. The number of halogens is 1. The molecule has 0 bridgehead atoms. The highest BCUT2D eigenvalue weighted by atomic mass is 32.2. The fraction of sp³-hybridized carbons (Fsp3) is 0.240. The van der Waals surface area contributed by atoms with Gasteiger partial charge in [0.1, 0.15) is 11.4 Å². The Balaban J connectivity index is 1.91. The molecule has 0 amide bonds. The molecule has 0 radical (unpaired) electrons. The van der Waals surface area contributed by atoms with Gasteiger partial charge < -0.3 is 5.11 Å². The summed E-state index contributed by atoms with van der Waals surface area (Å²) in [5.74, 6) is -0.277. The number of hydrogen-bond acceptors (Lipinski definition) is 4. The van der Waals surface area contributed by atoms with E-state index in [4.69, 9.17) is 0 Å². The molecule has 2 aromatic heterocycles. The number of nitrogens with zero attached hydrogens (tertiary/aromatic N) is 2. The van der Waals surface area contributed by atoms with Gasteiger partial charge in [-0.1, -0.05) is 18.2 Å². The van der Waals surface area contributed by atoms with E-state index in [1.165, 1.54) is 16.5 Å². The molecule has 0 aliphatic carbocycles. The van der Waals surface area contributed by atoms with Gasteiger partial charge in [-0.15, -0.1) is 23.1 Å². The van der Waals surface area contributed by atoms with Crippen molar-refractivity contribution in [1.82, 2.24) is 9.78 Å². The third-order valence-corrected chi connectivity index (χ3v) is 7.34. The van der Waals surface area contributed by atoms with Crippen LogP contribution in [0.1, 0.15) is 30.7 Å². The van der Waals surface area contributed by atoms with E-state index in [-0.39, 0.29) is 5.82 Å². The minimum atomic E-state index is -1.11. The summed E-state index contributed by atoms with van der Waals surface area (Å²) < 4.78 is 16.1. The van der Waals surface area contributed by atoms with E-state index < -0.39 is 5.60 Å². The maximum Gasteiger partial charge on any atom is 0.128 e. The lowest BCUT2D eigenvalue weighted by Gasteiger charge is -2.13. The first-order valence-electron chi connectivity index (χ1n) is 10.0. The molecular weight excluding hydrogens is 427 g/mol. The molecule has 160 valence electrons. The van der Waals surface area contributed by atoms with Crippen molar-refractivity contribution in [2.75, 3.05) is 6.26 Å². The summed E-state index contributed by atoms with van der Waals surface area (Å²) in [7, 11) is 0. The molecule has 0 unspecified atom stereocenters. The lowest BCUT2D eigenvalue weighted by atomic mass is 10.1. The number of thiophene rings is 1. The van der Waals surface area contributed by atoms with Crippen molar-refractivity contribution in [3.63, 3.8) is 0 Å². The van der Waals surface area contributed by atoms with Crippen LogP contribution in [0.4, 0.5) is 4.39 Å². The van der Waals surface area contributed by atoms with Crippen molar-refractivity contribution in [1.29, 1.82) is 0 Å². The Morgan fingerprint density at radius 3 is 2.52 bits per heavy atom. The molecule has 0 saturated heterocycles. The third-order valence-electron chi connectivity index (χ3n) is 5.31. The summed E-state index contributed by atoms with van der Waals surface area (Å²) in [4.78, 5) is 3.43. The normalized spacial score (nSPS) is 11.8. The zero-order chi connectivity index (χ0) is 22.3. The predicted octanol–water partition coefficient (Wildman–Crippen LogP) is 6.97. The van der Waals surface area contributed by atoms with Crippen LogP contribution >= 0.6 is 23.1 Å². The van der Waals surface area contributed by atoms with Crippen LogP contribution in [-0.2, 0) is 5.60 Å². The summed E-state index contributed by atoms with van der Waals surface area (Å²) in [5.41, 5.74) is 3.77. The van der Waals surface area contributed by atoms with Gasteiger partial charge in [-0.3, -0.25) is 0 Å². The van der Waals surface area contributed by atoms with Gasteiger partial charge in [-0.25, -0.2) is 9.07 Å². The number of benzene rings is 2. The molecule has 6 heteroatoms. The molecule has 4 rings (SSSR count). The van der Waals surface area contributed by atoms with Crippen LogP contribution in [0.3, 0.4) is 0 Å². The van der Waals surface area contributed by atoms with E-state index in [0.29, 0.717) is 16.9 Å². The van der Waals surface area contributed by atoms with E-state index in [0.717, 1.165) is 21.0 Å². The highest BCUT2D eigenvalue weighted by Crippen LogP contribution is 2.40. The zero-order valence-corrected chi connectivity index (χ0v) is 19.9. The van der Waals surface area contributed by atoms with Gasteiger partial charge in [0.25, 0.3) is 0 Å². The molecule has 0 saturated carbocycles. The number of thioether (sulfide) groups is 1. The molecule has 2 aromatic carbocycles. The van der Waals surface area contributed by atoms with E-state index in [9.17, 15) is 9.50 Å². The molecular formula is C25H25FN2OS2. The lowest BCUT2D eigenvalue weighted by Crippen LogP contribution is -2.16. The predicted molar refractivity (Wildman–Crippen MR) is 129 cm³/mol. The molecule has 1 N–H and O–H groups in total. The number of rotatable bonds is 5. The third kappa shape index (κ3) is 4.20. The lowest BCUT2D eigenvalue weighted by molar-refractivity contribution is 0.0734. The fourth-order valence-electron chi connectivity index (χ4n) is 3.51. The minimum absolute atomic E-state index is 0.277. The topological polar surface area (TPSA) is 38.1 Å². The van der Waals surface area contributed by atoms with Crippen LogP contribution in [0.15, 0.2) is 59.5 Å². The standard InChI is InChI=1S/C25H25FN2OS2/c1-15-12-22(17-8-6-9-18(13-17)30-5)31-24(15)21-14-23(25(3,4)29)27-28(21)20-11-7-10-19(26)16(20)2/h6-14,29H,1-5H3.